The van der Waals surface area contributed by atoms with Crippen LogP contribution in [0.2, 0.25) is 0 Å². The van der Waals surface area contributed by atoms with Crippen molar-refractivity contribution < 1.29 is 13.6 Å². The maximum Gasteiger partial charge on any atom is 0.224 e. The number of nitrogens with two attached hydrogens (primary N) is 1. The molecule has 0 saturated carbocycles. The van der Waals surface area contributed by atoms with Crippen LogP contribution in [0.1, 0.15) is 31.7 Å². The Kier molecular flexibility index (Phi) is 6.42. The molecule has 1 rings (SSSR count). The first-order chi connectivity index (χ1) is 9.06. The highest BCUT2D eigenvalue weighted by molar-refractivity contribution is 5.78. The van der Waals surface area contributed by atoms with Gasteiger partial charge in [-0.2, -0.15) is 0 Å². The molecule has 0 aromatic heterocycles. The number of benzene rings is 1. The van der Waals surface area contributed by atoms with E-state index in [4.69, 9.17) is 5.73 Å². The van der Waals surface area contributed by atoms with E-state index in [1.807, 2.05) is 0 Å². The van der Waals surface area contributed by atoms with Crippen LogP contribution in [0.4, 0.5) is 8.78 Å². The van der Waals surface area contributed by atoms with Crippen LogP contribution in [0.25, 0.3) is 0 Å². The van der Waals surface area contributed by atoms with Crippen molar-refractivity contribution in [2.45, 2.75) is 38.6 Å². The van der Waals surface area contributed by atoms with E-state index in [1.54, 1.807) is 0 Å². The molecule has 1 amide bonds. The summed E-state index contributed by atoms with van der Waals surface area (Å²) in [5.41, 5.74) is 6.02. The summed E-state index contributed by atoms with van der Waals surface area (Å²) in [4.78, 5) is 11.8. The van der Waals surface area contributed by atoms with E-state index in [-0.39, 0.29) is 18.4 Å². The van der Waals surface area contributed by atoms with Gasteiger partial charge in [-0.3, -0.25) is 4.79 Å². The number of amides is 1. The summed E-state index contributed by atoms with van der Waals surface area (Å²) in [6, 6.07) is 3.41. The third kappa shape index (κ3) is 5.34. The molecular formula is C14H20F2N2O. The van der Waals surface area contributed by atoms with Gasteiger partial charge in [-0.05, 0) is 24.1 Å². The normalized spacial score (nSPS) is 12.2. The first-order valence-electron chi connectivity index (χ1n) is 6.50. The average molecular weight is 270 g/mol. The van der Waals surface area contributed by atoms with E-state index < -0.39 is 11.6 Å². The number of carbonyl (C=O) groups excluding carboxylic acids is 1. The Morgan fingerprint density at radius 3 is 2.68 bits per heavy atom. The second kappa shape index (κ2) is 7.84. The molecule has 5 heteroatoms. The highest BCUT2D eigenvalue weighted by atomic mass is 19.2. The molecule has 106 valence electrons. The summed E-state index contributed by atoms with van der Waals surface area (Å²) < 4.78 is 25.7. The maximum absolute atomic E-state index is 13.0. The van der Waals surface area contributed by atoms with Gasteiger partial charge in [0.05, 0.1) is 6.42 Å². The summed E-state index contributed by atoms with van der Waals surface area (Å²) in [7, 11) is 0. The number of hydrogen-bond acceptors (Lipinski definition) is 2. The van der Waals surface area contributed by atoms with Gasteiger partial charge < -0.3 is 11.1 Å². The first kappa shape index (κ1) is 15.6. The SMILES string of the molecule is CCCCC(CN)NC(=O)Cc1ccc(F)c(F)c1. The molecule has 1 aromatic carbocycles. The number of hydrogen-bond donors (Lipinski definition) is 2. The van der Waals surface area contributed by atoms with E-state index in [0.29, 0.717) is 12.1 Å². The van der Waals surface area contributed by atoms with Crippen molar-refractivity contribution in [1.29, 1.82) is 0 Å². The van der Waals surface area contributed by atoms with Crippen molar-refractivity contribution in [2.24, 2.45) is 5.73 Å². The predicted molar refractivity (Wildman–Crippen MR) is 70.6 cm³/mol. The zero-order chi connectivity index (χ0) is 14.3. The fourth-order valence-corrected chi connectivity index (χ4v) is 1.81. The van der Waals surface area contributed by atoms with Crippen LogP contribution in [-0.2, 0) is 11.2 Å². The standard InChI is InChI=1S/C14H20F2N2O/c1-2-3-4-11(9-17)18-14(19)8-10-5-6-12(15)13(16)7-10/h5-7,11H,2-4,8-9,17H2,1H3,(H,18,19). The van der Waals surface area contributed by atoms with Crippen LogP contribution in [-0.4, -0.2) is 18.5 Å². The molecule has 0 aliphatic rings. The molecule has 1 atom stereocenters. The fourth-order valence-electron chi connectivity index (χ4n) is 1.81. The molecular weight excluding hydrogens is 250 g/mol. The first-order valence-corrected chi connectivity index (χ1v) is 6.50. The summed E-state index contributed by atoms with van der Waals surface area (Å²) in [5.74, 6) is -2.07. The van der Waals surface area contributed by atoms with E-state index >= 15 is 0 Å². The highest BCUT2D eigenvalue weighted by Gasteiger charge is 2.11. The van der Waals surface area contributed by atoms with Crippen LogP contribution in [0, 0.1) is 11.6 Å². The Morgan fingerprint density at radius 2 is 2.11 bits per heavy atom. The number of carbonyl (C=O) groups is 1. The van der Waals surface area contributed by atoms with Crippen molar-refractivity contribution >= 4 is 5.91 Å². The number of rotatable bonds is 7. The number of nitrogens with one attached hydrogen (secondary N) is 1. The van der Waals surface area contributed by atoms with Gasteiger partial charge in [-0.25, -0.2) is 8.78 Å². The Hall–Kier alpha value is -1.49. The molecule has 0 spiro atoms. The molecule has 3 N–H and O–H groups in total. The van der Waals surface area contributed by atoms with Gasteiger partial charge in [0.25, 0.3) is 0 Å². The number of halogens is 2. The zero-order valence-electron chi connectivity index (χ0n) is 11.1. The van der Waals surface area contributed by atoms with Crippen molar-refractivity contribution in [1.82, 2.24) is 5.32 Å². The number of unbranched alkanes of at least 4 members (excludes halogenated alkanes) is 1. The summed E-state index contributed by atoms with van der Waals surface area (Å²) >= 11 is 0. The topological polar surface area (TPSA) is 55.1 Å². The molecule has 19 heavy (non-hydrogen) atoms. The molecule has 0 radical (unpaired) electrons. The van der Waals surface area contributed by atoms with E-state index in [1.165, 1.54) is 6.07 Å². The fraction of sp³-hybridized carbons (Fsp3) is 0.500. The maximum atomic E-state index is 13.0. The quantitative estimate of drug-likeness (QED) is 0.797. The lowest BCUT2D eigenvalue weighted by Gasteiger charge is -2.16. The van der Waals surface area contributed by atoms with Crippen molar-refractivity contribution in [3.63, 3.8) is 0 Å². The van der Waals surface area contributed by atoms with E-state index in [0.717, 1.165) is 31.4 Å². The average Bonchev–Trinajstić information content (AvgIpc) is 2.38. The minimum Gasteiger partial charge on any atom is -0.352 e. The van der Waals surface area contributed by atoms with Gasteiger partial charge in [0.1, 0.15) is 0 Å². The van der Waals surface area contributed by atoms with Crippen LogP contribution >= 0.6 is 0 Å². The lowest BCUT2D eigenvalue weighted by atomic mass is 10.1. The van der Waals surface area contributed by atoms with E-state index in [9.17, 15) is 13.6 Å². The van der Waals surface area contributed by atoms with Crippen LogP contribution in [0.3, 0.4) is 0 Å². The van der Waals surface area contributed by atoms with Gasteiger partial charge in [-0.1, -0.05) is 25.8 Å². The monoisotopic (exact) mass is 270 g/mol. The molecule has 0 bridgehead atoms. The highest BCUT2D eigenvalue weighted by Crippen LogP contribution is 2.09. The third-order valence-electron chi connectivity index (χ3n) is 2.90. The minimum atomic E-state index is -0.938. The largest absolute Gasteiger partial charge is 0.352 e. The van der Waals surface area contributed by atoms with Crippen LogP contribution in [0.5, 0.6) is 0 Å². The van der Waals surface area contributed by atoms with Crippen LogP contribution < -0.4 is 11.1 Å². The van der Waals surface area contributed by atoms with Crippen molar-refractivity contribution in [2.75, 3.05) is 6.54 Å². The Balaban J connectivity index is 2.51. The molecule has 1 aromatic rings. The minimum absolute atomic E-state index is 0.0276. The predicted octanol–water partition coefficient (Wildman–Crippen LogP) is 2.14. The molecule has 0 aliphatic heterocycles. The van der Waals surface area contributed by atoms with Gasteiger partial charge in [0.15, 0.2) is 11.6 Å². The van der Waals surface area contributed by atoms with Crippen molar-refractivity contribution in [3.05, 3.63) is 35.4 Å². The lowest BCUT2D eigenvalue weighted by molar-refractivity contribution is -0.121. The molecule has 1 unspecified atom stereocenters. The smallest absolute Gasteiger partial charge is 0.224 e. The molecule has 0 heterocycles. The summed E-state index contributed by atoms with van der Waals surface area (Å²) in [5, 5.41) is 2.80. The third-order valence-corrected chi connectivity index (χ3v) is 2.90. The lowest BCUT2D eigenvalue weighted by Crippen LogP contribution is -2.40. The Labute approximate surface area is 112 Å². The van der Waals surface area contributed by atoms with Gasteiger partial charge in [0.2, 0.25) is 5.91 Å². The second-order valence-corrected chi connectivity index (χ2v) is 4.57. The molecule has 3 nitrogen and oxygen atoms in total. The molecule has 0 fully saturated rings. The summed E-state index contributed by atoms with van der Waals surface area (Å²) in [6.07, 6.45) is 2.89. The molecule has 0 aliphatic carbocycles. The Morgan fingerprint density at radius 1 is 1.37 bits per heavy atom. The van der Waals surface area contributed by atoms with Crippen molar-refractivity contribution in [3.8, 4) is 0 Å². The van der Waals surface area contributed by atoms with Crippen LogP contribution in [0.15, 0.2) is 18.2 Å². The zero-order valence-corrected chi connectivity index (χ0v) is 11.1. The van der Waals surface area contributed by atoms with Gasteiger partial charge in [0, 0.05) is 12.6 Å². The van der Waals surface area contributed by atoms with Gasteiger partial charge >= 0.3 is 0 Å². The summed E-state index contributed by atoms with van der Waals surface area (Å²) in [6.45, 7) is 2.44. The Bertz CT molecular complexity index is 424. The molecule has 0 saturated heterocycles. The second-order valence-electron chi connectivity index (χ2n) is 4.57. The van der Waals surface area contributed by atoms with Gasteiger partial charge in [-0.15, -0.1) is 0 Å². The van der Waals surface area contributed by atoms with E-state index in [2.05, 4.69) is 12.2 Å².